The van der Waals surface area contributed by atoms with Crippen LogP contribution in [0.3, 0.4) is 0 Å². The number of ether oxygens (including phenoxy) is 1. The van der Waals surface area contributed by atoms with Crippen molar-refractivity contribution in [1.29, 1.82) is 0 Å². The van der Waals surface area contributed by atoms with Crippen molar-refractivity contribution in [3.8, 4) is 0 Å². The molecule has 2 heterocycles. The third kappa shape index (κ3) is 5.16. The minimum atomic E-state index is 0.0652. The highest BCUT2D eigenvalue weighted by atomic mass is 32.1. The van der Waals surface area contributed by atoms with Gasteiger partial charge in [0.15, 0.2) is 5.96 Å². The molecule has 0 saturated carbocycles. The number of thiazole rings is 1. The van der Waals surface area contributed by atoms with E-state index < -0.39 is 0 Å². The summed E-state index contributed by atoms with van der Waals surface area (Å²) in [4.78, 5) is 12.6. The maximum atomic E-state index is 5.44. The van der Waals surface area contributed by atoms with Gasteiger partial charge in [0, 0.05) is 37.1 Å². The number of guanidine groups is 1. The lowest BCUT2D eigenvalue weighted by Crippen LogP contribution is -2.56. The first-order valence-corrected chi connectivity index (χ1v) is 8.94. The SMILES string of the molecule is CN=C(NCc1nc(C)c(C)s1)NCC(C)(C)N1CCOCC1. The van der Waals surface area contributed by atoms with Gasteiger partial charge in [-0.2, -0.15) is 0 Å². The van der Waals surface area contributed by atoms with Crippen LogP contribution in [0.1, 0.15) is 29.4 Å². The van der Waals surface area contributed by atoms with Gasteiger partial charge < -0.3 is 15.4 Å². The van der Waals surface area contributed by atoms with Gasteiger partial charge in [-0.15, -0.1) is 11.3 Å². The largest absolute Gasteiger partial charge is 0.379 e. The van der Waals surface area contributed by atoms with Crippen LogP contribution < -0.4 is 10.6 Å². The predicted octanol–water partition coefficient (Wildman–Crippen LogP) is 1.54. The molecule has 0 spiro atoms. The fourth-order valence-corrected chi connectivity index (χ4v) is 3.45. The monoisotopic (exact) mass is 339 g/mol. The number of aromatic nitrogens is 1. The summed E-state index contributed by atoms with van der Waals surface area (Å²) in [5.41, 5.74) is 1.18. The summed E-state index contributed by atoms with van der Waals surface area (Å²) in [7, 11) is 1.80. The molecular weight excluding hydrogens is 310 g/mol. The van der Waals surface area contributed by atoms with E-state index >= 15 is 0 Å². The zero-order valence-corrected chi connectivity index (χ0v) is 15.7. The van der Waals surface area contributed by atoms with Crippen LogP contribution in [0.4, 0.5) is 0 Å². The zero-order valence-electron chi connectivity index (χ0n) is 14.9. The summed E-state index contributed by atoms with van der Waals surface area (Å²) < 4.78 is 5.44. The van der Waals surface area contributed by atoms with E-state index in [9.17, 15) is 0 Å². The van der Waals surface area contributed by atoms with Crippen LogP contribution in [0, 0.1) is 13.8 Å². The molecule has 0 radical (unpaired) electrons. The molecule has 1 fully saturated rings. The number of hydrogen-bond acceptors (Lipinski definition) is 5. The molecule has 130 valence electrons. The number of nitrogens with one attached hydrogen (secondary N) is 2. The van der Waals surface area contributed by atoms with E-state index in [1.807, 2.05) is 6.92 Å². The van der Waals surface area contributed by atoms with Crippen LogP contribution in [-0.2, 0) is 11.3 Å². The van der Waals surface area contributed by atoms with Crippen molar-refractivity contribution in [2.45, 2.75) is 39.8 Å². The normalized spacial score (nSPS) is 17.3. The van der Waals surface area contributed by atoms with Gasteiger partial charge in [0.05, 0.1) is 25.5 Å². The third-order valence-electron chi connectivity index (χ3n) is 4.26. The summed E-state index contributed by atoms with van der Waals surface area (Å²) >= 11 is 1.73. The van der Waals surface area contributed by atoms with Crippen LogP contribution in [0.25, 0.3) is 0 Å². The summed E-state index contributed by atoms with van der Waals surface area (Å²) in [6.45, 7) is 13.8. The summed E-state index contributed by atoms with van der Waals surface area (Å²) in [6.07, 6.45) is 0. The number of morpholine rings is 1. The molecule has 1 saturated heterocycles. The van der Waals surface area contributed by atoms with Gasteiger partial charge in [-0.3, -0.25) is 9.89 Å². The molecule has 6 nitrogen and oxygen atoms in total. The average Bonchev–Trinajstić information content (AvgIpc) is 2.87. The fraction of sp³-hybridized carbons (Fsp3) is 0.750. The molecule has 2 rings (SSSR count). The molecule has 0 aliphatic carbocycles. The Balaban J connectivity index is 1.82. The standard InChI is InChI=1S/C16H29N5OS/c1-12-13(2)23-14(20-12)10-18-15(17-5)19-11-16(3,4)21-6-8-22-9-7-21/h6-11H2,1-5H3,(H2,17,18,19). The van der Waals surface area contributed by atoms with Crippen LogP contribution in [-0.4, -0.2) is 61.3 Å². The molecule has 1 aliphatic rings. The average molecular weight is 340 g/mol. The highest BCUT2D eigenvalue weighted by molar-refractivity contribution is 7.11. The molecule has 1 aromatic rings. The van der Waals surface area contributed by atoms with E-state index in [4.69, 9.17) is 4.74 Å². The Kier molecular flexibility index (Phi) is 6.38. The third-order valence-corrected chi connectivity index (χ3v) is 5.33. The lowest BCUT2D eigenvalue weighted by Gasteiger charge is -2.41. The maximum absolute atomic E-state index is 5.44. The van der Waals surface area contributed by atoms with Gasteiger partial charge >= 0.3 is 0 Å². The molecule has 0 bridgehead atoms. The summed E-state index contributed by atoms with van der Waals surface area (Å²) in [5.74, 6) is 0.817. The van der Waals surface area contributed by atoms with Crippen molar-refractivity contribution in [1.82, 2.24) is 20.5 Å². The molecule has 0 aromatic carbocycles. The fourth-order valence-electron chi connectivity index (χ4n) is 2.58. The van der Waals surface area contributed by atoms with Crippen molar-refractivity contribution in [2.75, 3.05) is 39.9 Å². The van der Waals surface area contributed by atoms with Crippen molar-refractivity contribution in [3.63, 3.8) is 0 Å². The Bertz CT molecular complexity index is 515. The van der Waals surface area contributed by atoms with E-state index in [1.165, 1.54) is 4.88 Å². The summed E-state index contributed by atoms with van der Waals surface area (Å²) in [6, 6.07) is 0. The summed E-state index contributed by atoms with van der Waals surface area (Å²) in [5, 5.41) is 7.87. The molecule has 2 N–H and O–H groups in total. The Hall–Kier alpha value is -1.18. The highest BCUT2D eigenvalue weighted by Gasteiger charge is 2.28. The quantitative estimate of drug-likeness (QED) is 0.629. The van der Waals surface area contributed by atoms with Crippen molar-refractivity contribution < 1.29 is 4.74 Å². The topological polar surface area (TPSA) is 61.8 Å². The zero-order chi connectivity index (χ0) is 16.9. The van der Waals surface area contributed by atoms with Gasteiger partial charge in [-0.25, -0.2) is 4.98 Å². The van der Waals surface area contributed by atoms with E-state index in [1.54, 1.807) is 18.4 Å². The Morgan fingerprint density at radius 1 is 1.30 bits per heavy atom. The second-order valence-corrected chi connectivity index (χ2v) is 7.73. The smallest absolute Gasteiger partial charge is 0.191 e. The van der Waals surface area contributed by atoms with Crippen molar-refractivity contribution in [3.05, 3.63) is 15.6 Å². The number of aryl methyl sites for hydroxylation is 2. The Morgan fingerprint density at radius 3 is 2.57 bits per heavy atom. The van der Waals surface area contributed by atoms with Gasteiger partial charge in [0.2, 0.25) is 0 Å². The Labute approximate surface area is 143 Å². The number of aliphatic imine (C=N–C) groups is 1. The first kappa shape index (κ1) is 18.2. The van der Waals surface area contributed by atoms with Crippen molar-refractivity contribution >= 4 is 17.3 Å². The minimum Gasteiger partial charge on any atom is -0.379 e. The first-order valence-electron chi connectivity index (χ1n) is 8.12. The lowest BCUT2D eigenvalue weighted by atomic mass is 10.0. The Morgan fingerprint density at radius 2 is 2.00 bits per heavy atom. The highest BCUT2D eigenvalue weighted by Crippen LogP contribution is 2.16. The molecule has 7 heteroatoms. The molecule has 23 heavy (non-hydrogen) atoms. The van der Waals surface area contributed by atoms with Crippen LogP contribution >= 0.6 is 11.3 Å². The van der Waals surface area contributed by atoms with Gasteiger partial charge in [-0.1, -0.05) is 0 Å². The minimum absolute atomic E-state index is 0.0652. The molecule has 1 aliphatic heterocycles. The molecule has 1 aromatic heterocycles. The molecule has 0 amide bonds. The van der Waals surface area contributed by atoms with Gasteiger partial charge in [0.1, 0.15) is 5.01 Å². The number of hydrogen-bond donors (Lipinski definition) is 2. The second-order valence-electron chi connectivity index (χ2n) is 6.44. The van der Waals surface area contributed by atoms with Crippen molar-refractivity contribution in [2.24, 2.45) is 4.99 Å². The number of rotatable bonds is 5. The van der Waals surface area contributed by atoms with E-state index in [2.05, 4.69) is 46.3 Å². The van der Waals surface area contributed by atoms with E-state index in [0.717, 1.165) is 49.5 Å². The molecular formula is C16H29N5OS. The van der Waals surface area contributed by atoms with Crippen LogP contribution in [0.15, 0.2) is 4.99 Å². The van der Waals surface area contributed by atoms with Gasteiger partial charge in [0.25, 0.3) is 0 Å². The number of nitrogens with zero attached hydrogens (tertiary/aromatic N) is 3. The maximum Gasteiger partial charge on any atom is 0.191 e. The van der Waals surface area contributed by atoms with E-state index in [-0.39, 0.29) is 5.54 Å². The molecule has 0 unspecified atom stereocenters. The molecule has 0 atom stereocenters. The second kappa shape index (κ2) is 8.08. The lowest BCUT2D eigenvalue weighted by molar-refractivity contribution is -0.00834. The predicted molar refractivity (Wildman–Crippen MR) is 96.3 cm³/mol. The first-order chi connectivity index (χ1) is 10.9. The van der Waals surface area contributed by atoms with E-state index in [0.29, 0.717) is 6.54 Å². The van der Waals surface area contributed by atoms with Crippen LogP contribution in [0.2, 0.25) is 0 Å². The van der Waals surface area contributed by atoms with Gasteiger partial charge in [-0.05, 0) is 27.7 Å². The van der Waals surface area contributed by atoms with Crippen LogP contribution in [0.5, 0.6) is 0 Å².